The van der Waals surface area contributed by atoms with Crippen LogP contribution in [-0.4, -0.2) is 53.7 Å². The molecule has 10 heteroatoms. The third-order valence-corrected chi connectivity index (χ3v) is 7.23. The first-order valence-electron chi connectivity index (χ1n) is 10.4. The lowest BCUT2D eigenvalue weighted by molar-refractivity contribution is 0.333. The molecule has 34 heavy (non-hydrogen) atoms. The van der Waals surface area contributed by atoms with Crippen LogP contribution in [0.4, 0.5) is 11.4 Å². The molecule has 6 nitrogen and oxygen atoms in total. The zero-order valence-corrected chi connectivity index (χ0v) is 22.1. The van der Waals surface area contributed by atoms with Crippen LogP contribution in [0, 0.1) is 0 Å². The van der Waals surface area contributed by atoms with Crippen molar-refractivity contribution in [3.8, 4) is 5.75 Å². The summed E-state index contributed by atoms with van der Waals surface area (Å²) in [6.07, 6.45) is 0. The van der Waals surface area contributed by atoms with Gasteiger partial charge in [-0.15, -0.1) is 12.4 Å². The molecule has 0 unspecified atom stereocenters. The molecule has 3 aromatic rings. The number of anilines is 2. The Hall–Kier alpha value is -2.16. The summed E-state index contributed by atoms with van der Waals surface area (Å²) in [5.74, 6) is 0.604. The fourth-order valence-electron chi connectivity index (χ4n) is 3.14. The molecule has 0 radical (unpaired) electrons. The van der Waals surface area contributed by atoms with E-state index in [0.717, 1.165) is 0 Å². The maximum atomic E-state index is 13.6. The normalized spacial score (nSPS) is 11.1. The minimum Gasteiger partial charge on any atom is -0.490 e. The Bertz CT molecular complexity index is 1160. The molecule has 0 saturated heterocycles. The third kappa shape index (κ3) is 7.42. The Morgan fingerprint density at radius 1 is 0.882 bits per heavy atom. The van der Waals surface area contributed by atoms with Crippen molar-refractivity contribution in [1.29, 1.82) is 0 Å². The highest BCUT2D eigenvalue weighted by Crippen LogP contribution is 2.31. The summed E-state index contributed by atoms with van der Waals surface area (Å²) < 4.78 is 34.3. The minimum absolute atomic E-state index is 0. The third-order valence-electron chi connectivity index (χ3n) is 4.84. The molecule has 0 aromatic heterocycles. The van der Waals surface area contributed by atoms with Crippen LogP contribution >= 0.6 is 35.6 Å². The van der Waals surface area contributed by atoms with Crippen LogP contribution in [0.25, 0.3) is 0 Å². The number of nitrogens with one attached hydrogen (secondary N) is 1. The largest absolute Gasteiger partial charge is 0.490 e. The lowest BCUT2D eigenvalue weighted by atomic mass is 10.2. The van der Waals surface area contributed by atoms with Gasteiger partial charge in [0.05, 0.1) is 21.3 Å². The smallest absolute Gasteiger partial charge is 0.264 e. The van der Waals surface area contributed by atoms with E-state index in [2.05, 4.69) is 5.32 Å². The van der Waals surface area contributed by atoms with E-state index >= 15 is 0 Å². The standard InChI is InChI=1S/C24H27Cl2N3O3S.ClH/c1-28(2)16-17-29(33(30,31)20-13-11-19(25)12-14-20)23-9-5-4-8-22(23)27-15-18-32-24-10-6-3-7-21(24)26;/h3-14,27H,15-18H2,1-2H3;1H. The second-order valence-corrected chi connectivity index (χ2v) is 10.3. The van der Waals surface area contributed by atoms with Gasteiger partial charge in [0.25, 0.3) is 10.0 Å². The lowest BCUT2D eigenvalue weighted by Gasteiger charge is -2.28. The molecule has 0 aliphatic carbocycles. The molecule has 1 N–H and O–H groups in total. The molecule has 0 aliphatic heterocycles. The summed E-state index contributed by atoms with van der Waals surface area (Å²) in [5, 5.41) is 4.32. The van der Waals surface area contributed by atoms with Crippen LogP contribution in [0.2, 0.25) is 10.0 Å². The highest BCUT2D eigenvalue weighted by Gasteiger charge is 2.26. The fourth-order valence-corrected chi connectivity index (χ4v) is 4.93. The molecule has 0 saturated carbocycles. The van der Waals surface area contributed by atoms with E-state index in [4.69, 9.17) is 27.9 Å². The van der Waals surface area contributed by atoms with Crippen LogP contribution in [-0.2, 0) is 10.0 Å². The molecular weight excluding hydrogens is 517 g/mol. The van der Waals surface area contributed by atoms with Gasteiger partial charge in [-0.1, -0.05) is 47.5 Å². The number of ether oxygens (including phenoxy) is 1. The molecule has 3 aromatic carbocycles. The maximum Gasteiger partial charge on any atom is 0.264 e. The summed E-state index contributed by atoms with van der Waals surface area (Å²) in [5.41, 5.74) is 1.25. The monoisotopic (exact) mass is 543 g/mol. The molecule has 0 atom stereocenters. The van der Waals surface area contributed by atoms with E-state index in [1.807, 2.05) is 49.3 Å². The van der Waals surface area contributed by atoms with Gasteiger partial charge >= 0.3 is 0 Å². The SMILES string of the molecule is CN(C)CCN(c1ccccc1NCCOc1ccccc1Cl)S(=O)(=O)c1ccc(Cl)cc1.Cl. The van der Waals surface area contributed by atoms with Crippen LogP contribution in [0.1, 0.15) is 0 Å². The van der Waals surface area contributed by atoms with Gasteiger partial charge in [-0.25, -0.2) is 8.42 Å². The van der Waals surface area contributed by atoms with Crippen molar-refractivity contribution in [3.63, 3.8) is 0 Å². The second kappa shape index (κ2) is 13.1. The first-order chi connectivity index (χ1) is 15.8. The lowest BCUT2D eigenvalue weighted by Crippen LogP contribution is -2.37. The van der Waals surface area contributed by atoms with Gasteiger partial charge < -0.3 is 15.0 Å². The number of likely N-dealkylation sites (N-methyl/N-ethyl adjacent to an activating group) is 1. The molecule has 0 heterocycles. The summed E-state index contributed by atoms with van der Waals surface area (Å²) in [7, 11) is 0.00317. The average molecular weight is 545 g/mol. The van der Waals surface area contributed by atoms with Gasteiger partial charge in [0.15, 0.2) is 0 Å². The quantitative estimate of drug-likeness (QED) is 0.316. The molecular formula is C24H28Cl3N3O3S. The summed E-state index contributed by atoms with van der Waals surface area (Å²) in [6.45, 7) is 1.66. The average Bonchev–Trinajstić information content (AvgIpc) is 2.79. The highest BCUT2D eigenvalue weighted by molar-refractivity contribution is 7.92. The minimum atomic E-state index is -3.81. The van der Waals surface area contributed by atoms with Crippen molar-refractivity contribution in [2.45, 2.75) is 4.90 Å². The van der Waals surface area contributed by atoms with Crippen molar-refractivity contribution in [1.82, 2.24) is 4.90 Å². The number of nitrogens with zero attached hydrogens (tertiary/aromatic N) is 2. The van der Waals surface area contributed by atoms with Gasteiger partial charge in [0, 0.05) is 24.7 Å². The maximum absolute atomic E-state index is 13.6. The number of sulfonamides is 1. The molecule has 0 fully saturated rings. The highest BCUT2D eigenvalue weighted by atomic mass is 35.5. The summed E-state index contributed by atoms with van der Waals surface area (Å²) in [6, 6.07) is 20.8. The zero-order chi connectivity index (χ0) is 23.8. The number of para-hydroxylation sites is 3. The number of rotatable bonds is 11. The Labute approximate surface area is 217 Å². The Balaban J connectivity index is 0.00000408. The molecule has 3 rings (SSSR count). The zero-order valence-electron chi connectivity index (χ0n) is 18.9. The predicted molar refractivity (Wildman–Crippen MR) is 144 cm³/mol. The molecule has 0 amide bonds. The molecule has 0 spiro atoms. The van der Waals surface area contributed by atoms with E-state index in [1.165, 1.54) is 16.4 Å². The first kappa shape index (κ1) is 28.1. The van der Waals surface area contributed by atoms with E-state index in [-0.39, 0.29) is 23.8 Å². The van der Waals surface area contributed by atoms with Gasteiger partial charge in [-0.05, 0) is 62.6 Å². The van der Waals surface area contributed by atoms with Gasteiger partial charge in [-0.2, -0.15) is 0 Å². The Morgan fingerprint density at radius 3 is 2.21 bits per heavy atom. The van der Waals surface area contributed by atoms with Crippen molar-refractivity contribution < 1.29 is 13.2 Å². The van der Waals surface area contributed by atoms with Gasteiger partial charge in [-0.3, -0.25) is 4.31 Å². The fraction of sp³-hybridized carbons (Fsp3) is 0.250. The van der Waals surface area contributed by atoms with Crippen LogP contribution in [0.3, 0.4) is 0 Å². The van der Waals surface area contributed by atoms with Crippen LogP contribution in [0.5, 0.6) is 5.75 Å². The number of halogens is 3. The van der Waals surface area contributed by atoms with Crippen molar-refractivity contribution in [3.05, 3.63) is 82.8 Å². The molecule has 0 aliphatic rings. The van der Waals surface area contributed by atoms with Crippen LogP contribution < -0.4 is 14.4 Å². The Kier molecular flexibility index (Phi) is 10.8. The molecule has 184 valence electrons. The second-order valence-electron chi connectivity index (χ2n) is 7.56. The number of benzene rings is 3. The van der Waals surface area contributed by atoms with Crippen molar-refractivity contribution >= 4 is 57.0 Å². The van der Waals surface area contributed by atoms with Gasteiger partial charge in [0.2, 0.25) is 0 Å². The molecule has 0 bridgehead atoms. The van der Waals surface area contributed by atoms with Crippen molar-refractivity contribution in [2.75, 3.05) is 50.0 Å². The Morgan fingerprint density at radius 2 is 1.53 bits per heavy atom. The number of hydrogen-bond acceptors (Lipinski definition) is 5. The summed E-state index contributed by atoms with van der Waals surface area (Å²) in [4.78, 5) is 2.13. The predicted octanol–water partition coefficient (Wildman–Crippen LogP) is 5.66. The van der Waals surface area contributed by atoms with E-state index < -0.39 is 10.0 Å². The van der Waals surface area contributed by atoms with Crippen LogP contribution in [0.15, 0.2) is 77.7 Å². The van der Waals surface area contributed by atoms with Crippen molar-refractivity contribution in [2.24, 2.45) is 0 Å². The summed E-state index contributed by atoms with van der Waals surface area (Å²) >= 11 is 12.1. The van der Waals surface area contributed by atoms with Gasteiger partial charge in [0.1, 0.15) is 12.4 Å². The van der Waals surface area contributed by atoms with E-state index in [0.29, 0.717) is 46.9 Å². The van der Waals surface area contributed by atoms with E-state index in [1.54, 1.807) is 30.3 Å². The topological polar surface area (TPSA) is 61.9 Å². The number of hydrogen-bond donors (Lipinski definition) is 1. The first-order valence-corrected chi connectivity index (χ1v) is 12.6. The van der Waals surface area contributed by atoms with E-state index in [9.17, 15) is 8.42 Å².